The number of hydrogen-bond donors (Lipinski definition) is 1. The number of pyridine rings is 1. The molecule has 2 fully saturated rings. The van der Waals surface area contributed by atoms with Gasteiger partial charge in [0.05, 0.1) is 18.1 Å². The second-order valence-corrected chi connectivity index (χ2v) is 6.37. The minimum atomic E-state index is -0.371. The molecule has 1 aromatic heterocycles. The lowest BCUT2D eigenvalue weighted by molar-refractivity contribution is -0.384. The van der Waals surface area contributed by atoms with Crippen molar-refractivity contribution in [3.05, 3.63) is 27.9 Å². The molecule has 9 heteroatoms. The minimum Gasteiger partial charge on any atom is -0.378 e. The number of aryl methyl sites for hydroxylation is 1. The van der Waals surface area contributed by atoms with E-state index in [1.165, 1.54) is 0 Å². The summed E-state index contributed by atoms with van der Waals surface area (Å²) in [6, 6.07) is 1.67. The molecule has 9 nitrogen and oxygen atoms in total. The van der Waals surface area contributed by atoms with Gasteiger partial charge in [0.15, 0.2) is 0 Å². The van der Waals surface area contributed by atoms with Crippen molar-refractivity contribution in [3.63, 3.8) is 0 Å². The Labute approximate surface area is 146 Å². The third kappa shape index (κ3) is 3.98. The van der Waals surface area contributed by atoms with E-state index in [-0.39, 0.29) is 22.7 Å². The van der Waals surface area contributed by atoms with Crippen LogP contribution < -0.4 is 10.2 Å². The number of morpholine rings is 1. The summed E-state index contributed by atoms with van der Waals surface area (Å²) in [6.45, 7) is 5.37. The zero-order valence-electron chi connectivity index (χ0n) is 14.3. The van der Waals surface area contributed by atoms with Crippen LogP contribution in [0.5, 0.6) is 0 Å². The van der Waals surface area contributed by atoms with Crippen molar-refractivity contribution in [3.8, 4) is 0 Å². The van der Waals surface area contributed by atoms with Crippen LogP contribution in [0.4, 0.5) is 16.3 Å². The highest BCUT2D eigenvalue weighted by molar-refractivity contribution is 5.74. The van der Waals surface area contributed by atoms with Gasteiger partial charge in [-0.1, -0.05) is 0 Å². The quantitative estimate of drug-likeness (QED) is 0.652. The Kier molecular flexibility index (Phi) is 5.32. The van der Waals surface area contributed by atoms with Crippen molar-refractivity contribution in [2.24, 2.45) is 0 Å². The van der Waals surface area contributed by atoms with E-state index < -0.39 is 0 Å². The second kappa shape index (κ2) is 7.64. The third-order valence-corrected chi connectivity index (χ3v) is 4.71. The van der Waals surface area contributed by atoms with Crippen molar-refractivity contribution >= 4 is 17.5 Å². The number of anilines is 1. The summed E-state index contributed by atoms with van der Waals surface area (Å²) in [5, 5.41) is 14.4. The van der Waals surface area contributed by atoms with Crippen LogP contribution in [0.3, 0.4) is 0 Å². The SMILES string of the molecule is Cc1ccnc(N2CCC(NC(=O)N3CCOCC3)CC2)c1[N+](=O)[O-]. The highest BCUT2D eigenvalue weighted by Crippen LogP contribution is 2.30. The number of urea groups is 1. The lowest BCUT2D eigenvalue weighted by atomic mass is 10.0. The molecule has 0 aromatic carbocycles. The fraction of sp³-hybridized carbons (Fsp3) is 0.625. The first-order chi connectivity index (χ1) is 12.1. The molecule has 0 spiro atoms. The minimum absolute atomic E-state index is 0.0542. The average molecular weight is 349 g/mol. The Morgan fingerprint density at radius 2 is 2.00 bits per heavy atom. The van der Waals surface area contributed by atoms with Crippen molar-refractivity contribution in [1.29, 1.82) is 0 Å². The van der Waals surface area contributed by atoms with Gasteiger partial charge >= 0.3 is 11.7 Å². The molecule has 0 bridgehead atoms. The molecule has 2 amide bonds. The predicted octanol–water partition coefficient (Wildman–Crippen LogP) is 1.31. The number of carbonyl (C=O) groups is 1. The summed E-state index contributed by atoms with van der Waals surface area (Å²) >= 11 is 0. The average Bonchev–Trinajstić information content (AvgIpc) is 2.62. The van der Waals surface area contributed by atoms with Crippen LogP contribution in [0.25, 0.3) is 0 Å². The van der Waals surface area contributed by atoms with Gasteiger partial charge in [-0.25, -0.2) is 9.78 Å². The zero-order valence-corrected chi connectivity index (χ0v) is 14.3. The third-order valence-electron chi connectivity index (χ3n) is 4.71. The van der Waals surface area contributed by atoms with E-state index in [0.29, 0.717) is 50.8 Å². The molecule has 3 rings (SSSR count). The number of piperidine rings is 1. The monoisotopic (exact) mass is 349 g/mol. The largest absolute Gasteiger partial charge is 0.378 e. The van der Waals surface area contributed by atoms with E-state index in [1.807, 2.05) is 4.90 Å². The van der Waals surface area contributed by atoms with Gasteiger partial charge in [0, 0.05) is 44.0 Å². The van der Waals surface area contributed by atoms with Crippen molar-refractivity contribution in [1.82, 2.24) is 15.2 Å². The van der Waals surface area contributed by atoms with E-state index in [9.17, 15) is 14.9 Å². The normalized spacial score (nSPS) is 18.9. The summed E-state index contributed by atoms with van der Waals surface area (Å²) in [7, 11) is 0. The second-order valence-electron chi connectivity index (χ2n) is 6.37. The Hall–Kier alpha value is -2.42. The zero-order chi connectivity index (χ0) is 17.8. The maximum Gasteiger partial charge on any atom is 0.317 e. The van der Waals surface area contributed by atoms with Gasteiger partial charge in [0.25, 0.3) is 0 Å². The molecule has 2 aliphatic rings. The fourth-order valence-corrected chi connectivity index (χ4v) is 3.26. The Bertz CT molecular complexity index is 639. The molecule has 2 saturated heterocycles. The number of hydrogen-bond acceptors (Lipinski definition) is 6. The van der Waals surface area contributed by atoms with Crippen molar-refractivity contribution in [2.75, 3.05) is 44.3 Å². The van der Waals surface area contributed by atoms with E-state index in [2.05, 4.69) is 10.3 Å². The Morgan fingerprint density at radius 3 is 2.64 bits per heavy atom. The van der Waals surface area contributed by atoms with Crippen molar-refractivity contribution < 1.29 is 14.5 Å². The summed E-state index contributed by atoms with van der Waals surface area (Å²) in [5.74, 6) is 0.419. The van der Waals surface area contributed by atoms with E-state index in [4.69, 9.17) is 4.74 Å². The van der Waals surface area contributed by atoms with E-state index in [0.717, 1.165) is 12.8 Å². The molecule has 3 heterocycles. The highest BCUT2D eigenvalue weighted by atomic mass is 16.6. The topological polar surface area (TPSA) is 101 Å². The molecule has 0 aliphatic carbocycles. The molecule has 25 heavy (non-hydrogen) atoms. The number of nitro groups is 1. The standard InChI is InChI=1S/C16H23N5O4/c1-12-2-5-17-15(14(12)21(23)24)19-6-3-13(4-7-19)18-16(22)20-8-10-25-11-9-20/h2,5,13H,3-4,6-11H2,1H3,(H,18,22). The molecular formula is C16H23N5O4. The van der Waals surface area contributed by atoms with Gasteiger partial charge < -0.3 is 19.9 Å². The molecular weight excluding hydrogens is 326 g/mol. The molecule has 0 saturated carbocycles. The first kappa shape index (κ1) is 17.4. The maximum atomic E-state index is 12.2. The van der Waals surface area contributed by atoms with Crippen LogP contribution >= 0.6 is 0 Å². The van der Waals surface area contributed by atoms with Crippen LogP contribution in [0, 0.1) is 17.0 Å². The molecule has 0 atom stereocenters. The smallest absolute Gasteiger partial charge is 0.317 e. The number of rotatable bonds is 3. The number of ether oxygens (including phenoxy) is 1. The summed E-state index contributed by atoms with van der Waals surface area (Å²) in [4.78, 5) is 31.1. The lowest BCUT2D eigenvalue weighted by Crippen LogP contribution is -2.52. The molecule has 2 aliphatic heterocycles. The Morgan fingerprint density at radius 1 is 1.32 bits per heavy atom. The number of nitrogens with zero attached hydrogens (tertiary/aromatic N) is 4. The molecule has 0 unspecified atom stereocenters. The van der Waals surface area contributed by atoms with Gasteiger partial charge in [0.1, 0.15) is 0 Å². The summed E-state index contributed by atoms with van der Waals surface area (Å²) < 4.78 is 5.25. The fourth-order valence-electron chi connectivity index (χ4n) is 3.26. The molecule has 0 radical (unpaired) electrons. The van der Waals surface area contributed by atoms with E-state index >= 15 is 0 Å². The van der Waals surface area contributed by atoms with Crippen LogP contribution in [0.1, 0.15) is 18.4 Å². The molecule has 1 N–H and O–H groups in total. The van der Waals surface area contributed by atoms with Crippen LogP contribution in [-0.4, -0.2) is 66.3 Å². The number of amides is 2. The summed E-state index contributed by atoms with van der Waals surface area (Å²) in [5.41, 5.74) is 0.677. The summed E-state index contributed by atoms with van der Waals surface area (Å²) in [6.07, 6.45) is 3.08. The Balaban J connectivity index is 1.58. The molecule has 1 aromatic rings. The lowest BCUT2D eigenvalue weighted by Gasteiger charge is -2.35. The number of carbonyl (C=O) groups excluding carboxylic acids is 1. The van der Waals surface area contributed by atoms with Gasteiger partial charge in [-0.05, 0) is 25.8 Å². The van der Waals surface area contributed by atoms with Gasteiger partial charge in [-0.15, -0.1) is 0 Å². The van der Waals surface area contributed by atoms with Crippen LogP contribution in [0.15, 0.2) is 12.3 Å². The van der Waals surface area contributed by atoms with E-state index in [1.54, 1.807) is 24.1 Å². The molecule has 136 valence electrons. The number of aromatic nitrogens is 1. The van der Waals surface area contributed by atoms with Crippen molar-refractivity contribution in [2.45, 2.75) is 25.8 Å². The van der Waals surface area contributed by atoms with Crippen LogP contribution in [0.2, 0.25) is 0 Å². The van der Waals surface area contributed by atoms with Crippen LogP contribution in [-0.2, 0) is 4.74 Å². The first-order valence-electron chi connectivity index (χ1n) is 8.54. The number of nitrogens with one attached hydrogen (secondary N) is 1. The van der Waals surface area contributed by atoms with Gasteiger partial charge in [0.2, 0.25) is 5.82 Å². The van der Waals surface area contributed by atoms with Gasteiger partial charge in [-0.3, -0.25) is 10.1 Å². The predicted molar refractivity (Wildman–Crippen MR) is 91.8 cm³/mol. The highest BCUT2D eigenvalue weighted by Gasteiger charge is 2.29. The first-order valence-corrected chi connectivity index (χ1v) is 8.54. The maximum absolute atomic E-state index is 12.2. The van der Waals surface area contributed by atoms with Gasteiger partial charge in [-0.2, -0.15) is 0 Å².